The van der Waals surface area contributed by atoms with Gasteiger partial charge in [0.15, 0.2) is 0 Å². The number of benzene rings is 3. The molecule has 64 heavy (non-hydrogen) atoms. The maximum Gasteiger partial charge on any atom is 0.318 e. The first-order chi connectivity index (χ1) is 30.4. The number of halogens is 3. The Hall–Kier alpha value is -5.20. The molecule has 10 nitrogen and oxygen atoms in total. The van der Waals surface area contributed by atoms with Gasteiger partial charge in [-0.15, -0.1) is 0 Å². The number of anilines is 1. The Kier molecular flexibility index (Phi) is 16.9. The highest BCUT2D eigenvalue weighted by Gasteiger charge is 2.33. The molecule has 13 heteroatoms. The van der Waals surface area contributed by atoms with Gasteiger partial charge in [0.2, 0.25) is 5.92 Å². The number of phenolic OH excluding ortho intramolecular Hbond substituents is 1. The molecule has 0 spiro atoms. The number of alkyl halides is 2. The summed E-state index contributed by atoms with van der Waals surface area (Å²) in [5.41, 5.74) is 8.86. The van der Waals surface area contributed by atoms with Gasteiger partial charge in [0.1, 0.15) is 17.4 Å². The molecule has 0 saturated carbocycles. The number of unbranched alkanes of at least 4 members (excludes halogenated alkanes) is 3. The van der Waals surface area contributed by atoms with Gasteiger partial charge in [0, 0.05) is 49.8 Å². The third-order valence-electron chi connectivity index (χ3n) is 12.2. The highest BCUT2D eigenvalue weighted by atomic mass is 19.3. The van der Waals surface area contributed by atoms with Crippen molar-refractivity contribution in [2.24, 2.45) is 27.1 Å². The van der Waals surface area contributed by atoms with E-state index < -0.39 is 24.3 Å². The van der Waals surface area contributed by atoms with Crippen LogP contribution >= 0.6 is 0 Å². The van der Waals surface area contributed by atoms with E-state index in [0.29, 0.717) is 93.0 Å². The van der Waals surface area contributed by atoms with Crippen molar-refractivity contribution in [3.05, 3.63) is 64.1 Å². The van der Waals surface area contributed by atoms with Crippen LogP contribution in [0.4, 0.5) is 19.0 Å². The van der Waals surface area contributed by atoms with Crippen LogP contribution in [0.1, 0.15) is 119 Å². The number of phenols is 1. The Morgan fingerprint density at radius 3 is 2.41 bits per heavy atom. The number of rotatable bonds is 17. The van der Waals surface area contributed by atoms with E-state index in [1.807, 2.05) is 39.8 Å². The van der Waals surface area contributed by atoms with Crippen molar-refractivity contribution in [1.82, 2.24) is 14.9 Å². The lowest BCUT2D eigenvalue weighted by Crippen LogP contribution is -2.40. The summed E-state index contributed by atoms with van der Waals surface area (Å²) in [6, 6.07) is 7.50. The third kappa shape index (κ3) is 11.7. The van der Waals surface area contributed by atoms with E-state index in [9.17, 15) is 18.7 Å². The van der Waals surface area contributed by atoms with Crippen molar-refractivity contribution in [3.63, 3.8) is 0 Å². The average molecular weight is 886 g/mol. The number of aryl methyl sites for hydroxylation is 1. The van der Waals surface area contributed by atoms with Gasteiger partial charge in [-0.2, -0.15) is 9.97 Å². The molecule has 0 radical (unpaired) electrons. The highest BCUT2D eigenvalue weighted by Crippen LogP contribution is 2.38. The molecular weight excluding hydrogens is 816 g/mol. The van der Waals surface area contributed by atoms with Crippen LogP contribution in [0.25, 0.3) is 38.9 Å². The first-order valence-corrected chi connectivity index (χ1v) is 23.3. The number of amides is 1. The molecule has 0 aliphatic carbocycles. The van der Waals surface area contributed by atoms with Gasteiger partial charge in [0.25, 0.3) is 5.91 Å². The van der Waals surface area contributed by atoms with Gasteiger partial charge in [-0.1, -0.05) is 92.7 Å². The van der Waals surface area contributed by atoms with E-state index in [0.717, 1.165) is 51.9 Å². The predicted molar refractivity (Wildman–Crippen MR) is 256 cm³/mol. The molecule has 3 aromatic carbocycles. The molecule has 6 rings (SSSR count). The standard InChI is InChI=1S/C49H64F3N7O3.C2H6/c1-9-12-14-19-48(5,18-13-10-2)29-62-47-56-40-26-36(35-25-33(60)23-31-16-17-38(50)34(11-3)42(31)35)44-37(22-30(4)41(55-44)27-49(6,51)52)43(40)45(57-47)59-21-15-20-54-32(28-59)24-39(53)46(61)58(7)8;1-2/h16-17,22-26,30,41,60H,9-15,18-21,27-29,53H2,1-8H3;1-2H3/b39-24-;. The van der Waals surface area contributed by atoms with Crippen LogP contribution in [0.3, 0.4) is 0 Å². The van der Waals surface area contributed by atoms with Gasteiger partial charge in [-0.05, 0) is 90.8 Å². The van der Waals surface area contributed by atoms with E-state index in [1.165, 1.54) is 11.0 Å². The van der Waals surface area contributed by atoms with Crippen LogP contribution in [0.2, 0.25) is 0 Å². The SMILES string of the molecule is CC.CCCCCC(C)(CCCC)COc1nc(N2CCCN=C(/C=C(\N)C(=O)N(C)C)C2)c2c3c(c(-c4cc(O)cc5ccc(F)c(CC)c45)cc2n1)=NC(CC(C)(F)F)C(C)C=3. The fraction of sp³-hybridized carbons (Fsp3) is 0.549. The van der Waals surface area contributed by atoms with Crippen molar-refractivity contribution >= 4 is 45.2 Å². The monoisotopic (exact) mass is 886 g/mol. The summed E-state index contributed by atoms with van der Waals surface area (Å²) in [7, 11) is 3.28. The van der Waals surface area contributed by atoms with Gasteiger partial charge in [0.05, 0.1) is 46.9 Å². The summed E-state index contributed by atoms with van der Waals surface area (Å²) in [6.45, 7) is 17.0. The number of nitrogens with zero attached hydrogens (tertiary/aromatic N) is 6. The second kappa shape index (κ2) is 21.7. The predicted octanol–water partition coefficient (Wildman–Crippen LogP) is 10.1. The number of carbonyl (C=O) groups excluding carboxylic acids is 1. The number of aromatic hydroxyl groups is 1. The van der Waals surface area contributed by atoms with Crippen LogP contribution in [-0.2, 0) is 11.2 Å². The van der Waals surface area contributed by atoms with Gasteiger partial charge in [-0.25, -0.2) is 13.2 Å². The molecule has 3 heterocycles. The smallest absolute Gasteiger partial charge is 0.318 e. The van der Waals surface area contributed by atoms with Gasteiger partial charge < -0.3 is 25.4 Å². The van der Waals surface area contributed by atoms with E-state index in [1.54, 1.807) is 38.4 Å². The molecule has 3 atom stereocenters. The fourth-order valence-electron chi connectivity index (χ4n) is 8.88. The molecule has 4 aromatic rings. The van der Waals surface area contributed by atoms with Crippen molar-refractivity contribution in [2.45, 2.75) is 132 Å². The zero-order chi connectivity index (χ0) is 46.9. The Morgan fingerprint density at radius 2 is 1.73 bits per heavy atom. The number of fused-ring (bicyclic) bond motifs is 4. The topological polar surface area (TPSA) is 130 Å². The molecule has 0 fully saturated rings. The van der Waals surface area contributed by atoms with E-state index >= 15 is 4.39 Å². The van der Waals surface area contributed by atoms with Gasteiger partial charge in [-0.3, -0.25) is 14.8 Å². The lowest BCUT2D eigenvalue weighted by Gasteiger charge is -2.30. The summed E-state index contributed by atoms with van der Waals surface area (Å²) in [5, 5.41) is 14.1. The van der Waals surface area contributed by atoms with Crippen LogP contribution in [0.5, 0.6) is 11.8 Å². The molecule has 1 amide bonds. The summed E-state index contributed by atoms with van der Waals surface area (Å²) >= 11 is 0. The molecule has 3 N–H and O–H groups in total. The molecule has 3 unspecified atom stereocenters. The van der Waals surface area contributed by atoms with Crippen molar-refractivity contribution in [1.29, 1.82) is 0 Å². The number of aliphatic imine (C=N–C) groups is 1. The Balaban J connectivity index is 0.00000380. The van der Waals surface area contributed by atoms with E-state index in [4.69, 9.17) is 30.4 Å². The second-order valence-electron chi connectivity index (χ2n) is 18.0. The number of hydrogen-bond acceptors (Lipinski definition) is 9. The number of ether oxygens (including phenoxy) is 1. The van der Waals surface area contributed by atoms with E-state index in [-0.39, 0.29) is 41.1 Å². The number of hydrogen-bond donors (Lipinski definition) is 2. The minimum Gasteiger partial charge on any atom is -0.508 e. The first kappa shape index (κ1) is 49.8. The van der Waals surface area contributed by atoms with Crippen molar-refractivity contribution in [2.75, 3.05) is 45.2 Å². The number of carbonyl (C=O) groups is 1. The molecule has 348 valence electrons. The molecular formula is C51H70F3N7O3. The second-order valence-corrected chi connectivity index (χ2v) is 18.0. The minimum atomic E-state index is -2.99. The van der Waals surface area contributed by atoms with Crippen molar-refractivity contribution in [3.8, 4) is 22.9 Å². The largest absolute Gasteiger partial charge is 0.508 e. The first-order valence-electron chi connectivity index (χ1n) is 23.3. The summed E-state index contributed by atoms with van der Waals surface area (Å²) in [4.78, 5) is 36.5. The molecule has 2 aliphatic rings. The summed E-state index contributed by atoms with van der Waals surface area (Å²) in [5.74, 6) is -3.58. The molecule has 2 aliphatic heterocycles. The average Bonchev–Trinajstić information content (AvgIpc) is 3.50. The Morgan fingerprint density at radius 1 is 1.02 bits per heavy atom. The fourth-order valence-corrected chi connectivity index (χ4v) is 8.88. The molecule has 0 saturated heterocycles. The lowest BCUT2D eigenvalue weighted by atomic mass is 9.81. The van der Waals surface area contributed by atoms with Crippen LogP contribution < -0.4 is 25.9 Å². The lowest BCUT2D eigenvalue weighted by molar-refractivity contribution is -0.124. The zero-order valence-electron chi connectivity index (χ0n) is 39.8. The maximum absolute atomic E-state index is 15.6. The third-order valence-corrected chi connectivity index (χ3v) is 12.2. The Bertz CT molecular complexity index is 2480. The highest BCUT2D eigenvalue weighted by molar-refractivity contribution is 6.07. The van der Waals surface area contributed by atoms with Crippen molar-refractivity contribution < 1.29 is 27.8 Å². The number of likely N-dealkylation sites (N-methyl/N-ethyl adjacent to an activating group) is 1. The van der Waals surface area contributed by atoms with Crippen LogP contribution in [0.15, 0.2) is 52.1 Å². The van der Waals surface area contributed by atoms with Crippen LogP contribution in [-0.4, -0.2) is 83.9 Å². The summed E-state index contributed by atoms with van der Waals surface area (Å²) in [6.07, 6.45) is 11.6. The number of aromatic nitrogens is 2. The number of nitrogens with two attached hydrogens (primary N) is 1. The zero-order valence-corrected chi connectivity index (χ0v) is 39.8. The summed E-state index contributed by atoms with van der Waals surface area (Å²) < 4.78 is 52.0. The molecule has 0 bridgehead atoms. The Labute approximate surface area is 377 Å². The van der Waals surface area contributed by atoms with Gasteiger partial charge >= 0.3 is 6.01 Å². The van der Waals surface area contributed by atoms with E-state index in [2.05, 4.69) is 25.7 Å². The quantitative estimate of drug-likeness (QED) is 0.0798. The maximum atomic E-state index is 15.6. The minimum absolute atomic E-state index is 0.0295. The normalized spacial score (nSPS) is 17.6. The molecule has 1 aromatic heterocycles. The van der Waals surface area contributed by atoms with Crippen LogP contribution in [0, 0.1) is 17.2 Å².